The molecule has 0 unspecified atom stereocenters. The Labute approximate surface area is 167 Å². The summed E-state index contributed by atoms with van der Waals surface area (Å²) in [5.74, 6) is 0. The third kappa shape index (κ3) is 4.68. The fourth-order valence-electron chi connectivity index (χ4n) is 3.70. The Morgan fingerprint density at radius 1 is 0.857 bits per heavy atom. The molecule has 1 heterocycles. The Balaban J connectivity index is 1.33. The Morgan fingerprint density at radius 2 is 1.57 bits per heavy atom. The van der Waals surface area contributed by atoms with Crippen LogP contribution in [-0.4, -0.2) is 42.3 Å². The van der Waals surface area contributed by atoms with Gasteiger partial charge in [-0.2, -0.15) is 5.10 Å². The summed E-state index contributed by atoms with van der Waals surface area (Å²) in [4.78, 5) is 2.53. The van der Waals surface area contributed by atoms with Crippen molar-refractivity contribution in [1.82, 2.24) is 9.91 Å². The van der Waals surface area contributed by atoms with Crippen LogP contribution in [0.4, 0.5) is 0 Å². The van der Waals surface area contributed by atoms with Crippen molar-refractivity contribution >= 4 is 23.1 Å². The van der Waals surface area contributed by atoms with Gasteiger partial charge in [-0.15, -0.1) is 0 Å². The number of allylic oxidation sites excluding steroid dienone is 1. The monoisotopic (exact) mass is 369 g/mol. The molecule has 3 aromatic rings. The standard InChI is InChI=1S/C25H27N3/c1-21(18-22-8-3-2-4-9-22)19-26-28-16-14-27(15-17-28)20-24-12-7-11-23-10-5-6-13-25(23)24/h2-13,18-19H,14-17,20H2,1H3/b21-18-,26-19-. The Kier molecular flexibility index (Phi) is 5.83. The van der Waals surface area contributed by atoms with E-state index in [1.165, 1.54) is 27.5 Å². The largest absolute Gasteiger partial charge is 0.295 e. The Morgan fingerprint density at radius 3 is 2.39 bits per heavy atom. The zero-order valence-corrected chi connectivity index (χ0v) is 16.5. The maximum atomic E-state index is 4.68. The molecule has 3 aromatic carbocycles. The van der Waals surface area contributed by atoms with Crippen molar-refractivity contribution in [3.05, 3.63) is 89.5 Å². The molecule has 0 aromatic heterocycles. The van der Waals surface area contributed by atoms with Gasteiger partial charge in [-0.05, 0) is 34.4 Å². The van der Waals surface area contributed by atoms with Crippen LogP contribution in [-0.2, 0) is 6.54 Å². The molecule has 0 radical (unpaired) electrons. The van der Waals surface area contributed by atoms with Crippen molar-refractivity contribution < 1.29 is 0 Å². The van der Waals surface area contributed by atoms with Crippen molar-refractivity contribution in [2.24, 2.45) is 5.10 Å². The highest BCUT2D eigenvalue weighted by molar-refractivity contribution is 5.85. The van der Waals surface area contributed by atoms with Crippen LogP contribution in [0.25, 0.3) is 16.8 Å². The maximum Gasteiger partial charge on any atom is 0.0499 e. The number of rotatable bonds is 5. The molecule has 0 amide bonds. The number of hydrazone groups is 1. The van der Waals surface area contributed by atoms with Gasteiger partial charge in [0.1, 0.15) is 0 Å². The quantitative estimate of drug-likeness (QED) is 0.586. The second kappa shape index (κ2) is 8.85. The van der Waals surface area contributed by atoms with E-state index in [0.29, 0.717) is 0 Å². The average Bonchev–Trinajstić information content (AvgIpc) is 2.74. The van der Waals surface area contributed by atoms with Crippen molar-refractivity contribution in [2.45, 2.75) is 13.5 Å². The third-order valence-corrected chi connectivity index (χ3v) is 5.24. The Bertz CT molecular complexity index is 962. The number of fused-ring (bicyclic) bond motifs is 1. The van der Waals surface area contributed by atoms with E-state index in [9.17, 15) is 0 Å². The number of hydrogen-bond acceptors (Lipinski definition) is 3. The molecule has 0 atom stereocenters. The lowest BCUT2D eigenvalue weighted by Crippen LogP contribution is -2.43. The van der Waals surface area contributed by atoms with Gasteiger partial charge in [-0.1, -0.05) is 78.9 Å². The molecule has 0 N–H and O–H groups in total. The van der Waals surface area contributed by atoms with Crippen LogP contribution in [0.2, 0.25) is 0 Å². The topological polar surface area (TPSA) is 18.8 Å². The highest BCUT2D eigenvalue weighted by Crippen LogP contribution is 2.20. The van der Waals surface area contributed by atoms with Gasteiger partial charge in [0, 0.05) is 38.9 Å². The van der Waals surface area contributed by atoms with Crippen LogP contribution in [0.3, 0.4) is 0 Å². The van der Waals surface area contributed by atoms with Crippen LogP contribution in [0.5, 0.6) is 0 Å². The fraction of sp³-hybridized carbons (Fsp3) is 0.240. The van der Waals surface area contributed by atoms with Crippen molar-refractivity contribution in [3.63, 3.8) is 0 Å². The van der Waals surface area contributed by atoms with E-state index in [-0.39, 0.29) is 0 Å². The molecule has 1 fully saturated rings. The molecular formula is C25H27N3. The van der Waals surface area contributed by atoms with Gasteiger partial charge >= 0.3 is 0 Å². The molecule has 4 rings (SSSR count). The lowest BCUT2D eigenvalue weighted by molar-refractivity contribution is 0.131. The molecule has 0 bridgehead atoms. The number of hydrogen-bond donors (Lipinski definition) is 0. The lowest BCUT2D eigenvalue weighted by atomic mass is 10.0. The zero-order chi connectivity index (χ0) is 19.2. The molecule has 1 aliphatic heterocycles. The van der Waals surface area contributed by atoms with Gasteiger partial charge in [-0.25, -0.2) is 0 Å². The normalized spacial score (nSPS) is 16.2. The first-order valence-corrected chi connectivity index (χ1v) is 9.99. The minimum atomic E-state index is 0.972. The summed E-state index contributed by atoms with van der Waals surface area (Å²) in [7, 11) is 0. The van der Waals surface area contributed by atoms with Gasteiger partial charge in [-0.3, -0.25) is 9.91 Å². The summed E-state index contributed by atoms with van der Waals surface area (Å²) >= 11 is 0. The summed E-state index contributed by atoms with van der Waals surface area (Å²) < 4.78 is 0. The summed E-state index contributed by atoms with van der Waals surface area (Å²) in [5, 5.41) is 9.56. The van der Waals surface area contributed by atoms with Crippen LogP contribution in [0.15, 0.2) is 83.5 Å². The summed E-state index contributed by atoms with van der Waals surface area (Å²) in [6.45, 7) is 7.14. The molecule has 3 heteroatoms. The SMILES string of the molecule is CC(/C=N\N1CCN(Cc2cccc3ccccc23)CC1)=C/c1ccccc1. The molecule has 3 nitrogen and oxygen atoms in total. The smallest absolute Gasteiger partial charge is 0.0499 e. The summed E-state index contributed by atoms with van der Waals surface area (Å²) in [6, 6.07) is 25.7. The van der Waals surface area contributed by atoms with E-state index in [0.717, 1.165) is 32.7 Å². The minimum absolute atomic E-state index is 0.972. The second-order valence-electron chi connectivity index (χ2n) is 7.41. The van der Waals surface area contributed by atoms with Crippen LogP contribution >= 0.6 is 0 Å². The van der Waals surface area contributed by atoms with Gasteiger partial charge in [0.05, 0.1) is 0 Å². The van der Waals surface area contributed by atoms with Gasteiger partial charge in [0.2, 0.25) is 0 Å². The van der Waals surface area contributed by atoms with E-state index in [1.54, 1.807) is 0 Å². The number of piperazine rings is 1. The molecule has 0 spiro atoms. The Hall–Kier alpha value is -2.91. The van der Waals surface area contributed by atoms with Crippen LogP contribution in [0, 0.1) is 0 Å². The first kappa shape index (κ1) is 18.5. The number of nitrogens with zero attached hydrogens (tertiary/aromatic N) is 3. The van der Waals surface area contributed by atoms with E-state index < -0.39 is 0 Å². The molecule has 1 saturated heterocycles. The predicted octanol–water partition coefficient (Wildman–Crippen LogP) is 5.05. The fourth-order valence-corrected chi connectivity index (χ4v) is 3.70. The summed E-state index contributed by atoms with van der Waals surface area (Å²) in [6.07, 6.45) is 4.15. The van der Waals surface area contributed by atoms with Crippen molar-refractivity contribution in [1.29, 1.82) is 0 Å². The van der Waals surface area contributed by atoms with Crippen molar-refractivity contribution in [2.75, 3.05) is 26.2 Å². The van der Waals surface area contributed by atoms with Crippen molar-refractivity contribution in [3.8, 4) is 0 Å². The van der Waals surface area contributed by atoms with Gasteiger partial charge < -0.3 is 0 Å². The highest BCUT2D eigenvalue weighted by Gasteiger charge is 2.16. The van der Waals surface area contributed by atoms with E-state index in [4.69, 9.17) is 0 Å². The third-order valence-electron chi connectivity index (χ3n) is 5.24. The average molecular weight is 370 g/mol. The molecule has 0 saturated carbocycles. The second-order valence-corrected chi connectivity index (χ2v) is 7.41. The first-order valence-electron chi connectivity index (χ1n) is 9.99. The van der Waals surface area contributed by atoms with E-state index >= 15 is 0 Å². The molecule has 28 heavy (non-hydrogen) atoms. The molecule has 1 aliphatic rings. The van der Waals surface area contributed by atoms with Gasteiger partial charge in [0.25, 0.3) is 0 Å². The van der Waals surface area contributed by atoms with Crippen LogP contribution < -0.4 is 0 Å². The first-order chi connectivity index (χ1) is 13.8. The summed E-state index contributed by atoms with van der Waals surface area (Å²) in [5.41, 5.74) is 3.80. The minimum Gasteiger partial charge on any atom is -0.295 e. The molecule has 142 valence electrons. The van der Waals surface area contributed by atoms with E-state index in [2.05, 4.69) is 94.7 Å². The maximum absolute atomic E-state index is 4.68. The lowest BCUT2D eigenvalue weighted by Gasteiger charge is -2.33. The zero-order valence-electron chi connectivity index (χ0n) is 16.5. The predicted molar refractivity (Wildman–Crippen MR) is 119 cm³/mol. The van der Waals surface area contributed by atoms with E-state index in [1.807, 2.05) is 12.3 Å². The van der Waals surface area contributed by atoms with Gasteiger partial charge in [0.15, 0.2) is 0 Å². The molecular weight excluding hydrogens is 342 g/mol. The highest BCUT2D eigenvalue weighted by atomic mass is 15.5. The molecule has 0 aliphatic carbocycles. The number of benzene rings is 3. The van der Waals surface area contributed by atoms with Crippen LogP contribution in [0.1, 0.15) is 18.1 Å².